The van der Waals surface area contributed by atoms with E-state index in [1.54, 1.807) is 6.20 Å². The number of hydrogen-bond donors (Lipinski definition) is 3. The lowest BCUT2D eigenvalue weighted by Crippen LogP contribution is -2.54. The molecule has 30 heavy (non-hydrogen) atoms. The Morgan fingerprint density at radius 1 is 0.900 bits per heavy atom. The second kappa shape index (κ2) is 9.60. The van der Waals surface area contributed by atoms with E-state index in [4.69, 9.17) is 5.73 Å². The monoisotopic (exact) mass is 405 g/mol. The first-order valence-electron chi connectivity index (χ1n) is 9.54. The molecule has 2 aromatic carbocycles. The van der Waals surface area contributed by atoms with E-state index < -0.39 is 23.9 Å². The summed E-state index contributed by atoms with van der Waals surface area (Å²) in [6, 6.07) is 14.8. The van der Waals surface area contributed by atoms with Crippen LogP contribution >= 0.6 is 0 Å². The molecular formula is C22H23N5O3. The van der Waals surface area contributed by atoms with Crippen LogP contribution in [0.15, 0.2) is 60.8 Å². The van der Waals surface area contributed by atoms with Crippen molar-refractivity contribution in [2.45, 2.75) is 31.8 Å². The first-order chi connectivity index (χ1) is 14.4. The third-order valence-corrected chi connectivity index (χ3v) is 4.55. The zero-order valence-corrected chi connectivity index (χ0v) is 16.5. The van der Waals surface area contributed by atoms with Gasteiger partial charge < -0.3 is 16.4 Å². The lowest BCUT2D eigenvalue weighted by molar-refractivity contribution is -0.130. The fourth-order valence-corrected chi connectivity index (χ4v) is 3.10. The largest absolute Gasteiger partial charge is 0.368 e. The van der Waals surface area contributed by atoms with Crippen molar-refractivity contribution >= 4 is 28.8 Å². The van der Waals surface area contributed by atoms with Gasteiger partial charge in [-0.2, -0.15) is 0 Å². The van der Waals surface area contributed by atoms with Crippen LogP contribution in [0.25, 0.3) is 11.0 Å². The number of nitrogens with zero attached hydrogens (tertiary/aromatic N) is 2. The lowest BCUT2D eigenvalue weighted by Gasteiger charge is -2.21. The number of aromatic nitrogens is 2. The Morgan fingerprint density at radius 3 is 2.23 bits per heavy atom. The fourth-order valence-electron chi connectivity index (χ4n) is 3.10. The predicted octanol–water partition coefficient (Wildman–Crippen LogP) is 0.890. The molecule has 0 saturated heterocycles. The standard InChI is InChI=1S/C22H23N5O3/c1-14(28)25-20(11-15-7-3-2-4-8-15)22(30)27-19(21(23)29)12-16-13-24-17-9-5-6-10-18(17)26-16/h2-10,13,19-20H,11-12H2,1H3,(H2,23,29)(H,25,28)(H,27,30)/t19-,20-/m0/s1. The molecule has 0 aliphatic rings. The maximum absolute atomic E-state index is 12.8. The number of benzene rings is 2. The van der Waals surface area contributed by atoms with Gasteiger partial charge in [-0.1, -0.05) is 42.5 Å². The molecule has 0 saturated carbocycles. The SMILES string of the molecule is CC(=O)N[C@@H](Cc1ccccc1)C(=O)N[C@@H](Cc1cnc2ccccc2n1)C(N)=O. The highest BCUT2D eigenvalue weighted by atomic mass is 16.2. The first kappa shape index (κ1) is 20.9. The summed E-state index contributed by atoms with van der Waals surface area (Å²) in [5.41, 5.74) is 8.33. The van der Waals surface area contributed by atoms with E-state index >= 15 is 0 Å². The molecule has 0 bridgehead atoms. The van der Waals surface area contributed by atoms with Gasteiger partial charge in [-0.3, -0.25) is 19.4 Å². The van der Waals surface area contributed by atoms with Gasteiger partial charge in [-0.05, 0) is 17.7 Å². The van der Waals surface area contributed by atoms with Crippen LogP contribution in [-0.2, 0) is 27.2 Å². The molecule has 2 atom stereocenters. The van der Waals surface area contributed by atoms with E-state index in [0.717, 1.165) is 11.1 Å². The molecule has 4 N–H and O–H groups in total. The number of carbonyl (C=O) groups excluding carboxylic acids is 3. The van der Waals surface area contributed by atoms with Gasteiger partial charge >= 0.3 is 0 Å². The minimum absolute atomic E-state index is 0.0943. The van der Waals surface area contributed by atoms with Gasteiger partial charge in [0.2, 0.25) is 17.7 Å². The number of nitrogens with one attached hydrogen (secondary N) is 2. The van der Waals surface area contributed by atoms with E-state index in [-0.39, 0.29) is 18.7 Å². The van der Waals surface area contributed by atoms with E-state index in [1.165, 1.54) is 6.92 Å². The molecule has 154 valence electrons. The Balaban J connectivity index is 1.74. The summed E-state index contributed by atoms with van der Waals surface area (Å²) in [6.07, 6.45) is 1.93. The van der Waals surface area contributed by atoms with Crippen molar-refractivity contribution in [2.24, 2.45) is 5.73 Å². The van der Waals surface area contributed by atoms with Crippen molar-refractivity contribution in [1.29, 1.82) is 0 Å². The molecule has 8 nitrogen and oxygen atoms in total. The molecule has 0 spiro atoms. The third-order valence-electron chi connectivity index (χ3n) is 4.55. The molecular weight excluding hydrogens is 382 g/mol. The summed E-state index contributed by atoms with van der Waals surface area (Å²) < 4.78 is 0. The van der Waals surface area contributed by atoms with Crippen LogP contribution in [0.1, 0.15) is 18.2 Å². The number of primary amides is 1. The van der Waals surface area contributed by atoms with Crippen LogP contribution in [0, 0.1) is 0 Å². The average Bonchev–Trinajstić information content (AvgIpc) is 2.73. The van der Waals surface area contributed by atoms with Crippen molar-refractivity contribution in [1.82, 2.24) is 20.6 Å². The van der Waals surface area contributed by atoms with Gasteiger partial charge in [0.25, 0.3) is 0 Å². The molecule has 3 aromatic rings. The Labute approximate surface area is 173 Å². The molecule has 0 aliphatic carbocycles. The summed E-state index contributed by atoms with van der Waals surface area (Å²) in [7, 11) is 0. The van der Waals surface area contributed by atoms with Crippen molar-refractivity contribution < 1.29 is 14.4 Å². The minimum Gasteiger partial charge on any atom is -0.368 e. The molecule has 0 fully saturated rings. The van der Waals surface area contributed by atoms with Crippen LogP contribution in [-0.4, -0.2) is 39.8 Å². The maximum Gasteiger partial charge on any atom is 0.243 e. The summed E-state index contributed by atoms with van der Waals surface area (Å²) in [4.78, 5) is 45.2. The molecule has 3 amide bonds. The average molecular weight is 405 g/mol. The number of hydrogen-bond acceptors (Lipinski definition) is 5. The second-order valence-corrected chi connectivity index (χ2v) is 6.96. The van der Waals surface area contributed by atoms with E-state index in [1.807, 2.05) is 54.6 Å². The molecule has 8 heteroatoms. The van der Waals surface area contributed by atoms with Gasteiger partial charge in [-0.15, -0.1) is 0 Å². The van der Waals surface area contributed by atoms with Crippen LogP contribution in [0.2, 0.25) is 0 Å². The molecule has 0 aliphatic heterocycles. The molecule has 1 heterocycles. The van der Waals surface area contributed by atoms with Gasteiger partial charge in [0.15, 0.2) is 0 Å². The zero-order chi connectivity index (χ0) is 21.5. The van der Waals surface area contributed by atoms with Crippen LogP contribution in [0.5, 0.6) is 0 Å². The fraction of sp³-hybridized carbons (Fsp3) is 0.227. The van der Waals surface area contributed by atoms with Crippen LogP contribution in [0.3, 0.4) is 0 Å². The predicted molar refractivity (Wildman–Crippen MR) is 112 cm³/mol. The highest BCUT2D eigenvalue weighted by molar-refractivity contribution is 5.91. The first-order valence-corrected chi connectivity index (χ1v) is 9.54. The second-order valence-electron chi connectivity index (χ2n) is 6.96. The van der Waals surface area contributed by atoms with Gasteiger partial charge in [0, 0.05) is 26.0 Å². The Morgan fingerprint density at radius 2 is 1.57 bits per heavy atom. The Bertz CT molecular complexity index is 1050. The van der Waals surface area contributed by atoms with Crippen molar-refractivity contribution in [3.05, 3.63) is 72.1 Å². The van der Waals surface area contributed by atoms with Crippen molar-refractivity contribution in [3.63, 3.8) is 0 Å². The lowest BCUT2D eigenvalue weighted by atomic mass is 10.0. The zero-order valence-electron chi connectivity index (χ0n) is 16.5. The molecule has 1 aromatic heterocycles. The van der Waals surface area contributed by atoms with E-state index in [0.29, 0.717) is 11.2 Å². The summed E-state index contributed by atoms with van der Waals surface area (Å²) in [6.45, 7) is 1.33. The highest BCUT2D eigenvalue weighted by Gasteiger charge is 2.26. The van der Waals surface area contributed by atoms with Crippen molar-refractivity contribution in [3.8, 4) is 0 Å². The van der Waals surface area contributed by atoms with Gasteiger partial charge in [0.1, 0.15) is 12.1 Å². The topological polar surface area (TPSA) is 127 Å². The number of para-hydroxylation sites is 2. The number of nitrogens with two attached hydrogens (primary N) is 1. The molecule has 0 radical (unpaired) electrons. The van der Waals surface area contributed by atoms with Gasteiger partial charge in [0.05, 0.1) is 16.7 Å². The molecule has 3 rings (SSSR count). The van der Waals surface area contributed by atoms with Crippen molar-refractivity contribution in [2.75, 3.05) is 0 Å². The summed E-state index contributed by atoms with van der Waals surface area (Å²) >= 11 is 0. The summed E-state index contributed by atoms with van der Waals surface area (Å²) in [5.74, 6) is -1.53. The third kappa shape index (κ3) is 5.60. The van der Waals surface area contributed by atoms with Crippen LogP contribution in [0.4, 0.5) is 0 Å². The van der Waals surface area contributed by atoms with Gasteiger partial charge in [-0.25, -0.2) is 4.98 Å². The van der Waals surface area contributed by atoms with E-state index in [9.17, 15) is 14.4 Å². The Hall–Kier alpha value is -3.81. The maximum atomic E-state index is 12.8. The normalized spacial score (nSPS) is 12.7. The quantitative estimate of drug-likeness (QED) is 0.513. The number of carbonyl (C=O) groups is 3. The highest BCUT2D eigenvalue weighted by Crippen LogP contribution is 2.10. The minimum atomic E-state index is -0.986. The number of amides is 3. The Kier molecular flexibility index (Phi) is 6.69. The number of fused-ring (bicyclic) bond motifs is 1. The van der Waals surface area contributed by atoms with Crippen LogP contribution < -0.4 is 16.4 Å². The summed E-state index contributed by atoms with van der Waals surface area (Å²) in [5, 5.41) is 5.27. The van der Waals surface area contributed by atoms with E-state index in [2.05, 4.69) is 20.6 Å². The smallest absolute Gasteiger partial charge is 0.243 e. The molecule has 0 unspecified atom stereocenters. The number of rotatable bonds is 8.